The molecule has 214 valence electrons. The molecule has 0 radical (unpaired) electrons. The lowest BCUT2D eigenvalue weighted by molar-refractivity contribution is 1.17. The van der Waals surface area contributed by atoms with Crippen molar-refractivity contribution in [1.82, 2.24) is 9.13 Å². The summed E-state index contributed by atoms with van der Waals surface area (Å²) >= 11 is 0. The highest BCUT2D eigenvalue weighted by Crippen LogP contribution is 2.38. The van der Waals surface area contributed by atoms with E-state index in [9.17, 15) is 5.26 Å². The van der Waals surface area contributed by atoms with Gasteiger partial charge in [0, 0.05) is 27.2 Å². The van der Waals surface area contributed by atoms with Crippen LogP contribution in [0.2, 0.25) is 0 Å². The molecule has 0 fully saturated rings. The van der Waals surface area contributed by atoms with Gasteiger partial charge in [-0.1, -0.05) is 109 Å². The molecule has 0 spiro atoms. The first-order chi connectivity index (χ1) is 22.8. The second kappa shape index (κ2) is 10.4. The minimum atomic E-state index is 0.632. The standard InChI is InChI=1S/C43H27N3/c44-28-33-24-30(22-23-39(33)46-42-20-10-6-16-37(42)38-17-7-11-21-43(38)46)32-25-31(29-12-2-1-3-13-29)26-34(27-32)45-40-18-8-4-14-35(40)36-15-5-9-19-41(36)45/h1-27H. The van der Waals surface area contributed by atoms with Crippen LogP contribution in [0.15, 0.2) is 164 Å². The van der Waals surface area contributed by atoms with Crippen molar-refractivity contribution < 1.29 is 0 Å². The molecular weight excluding hydrogens is 558 g/mol. The molecule has 0 aliphatic rings. The molecule has 0 aliphatic carbocycles. The monoisotopic (exact) mass is 585 g/mol. The first-order valence-corrected chi connectivity index (χ1v) is 15.5. The van der Waals surface area contributed by atoms with Crippen molar-refractivity contribution in [3.05, 3.63) is 169 Å². The Labute approximate surface area is 266 Å². The maximum absolute atomic E-state index is 10.5. The number of hydrogen-bond donors (Lipinski definition) is 0. The van der Waals surface area contributed by atoms with E-state index in [0.717, 1.165) is 44.7 Å². The van der Waals surface area contributed by atoms with Gasteiger partial charge in [-0.05, 0) is 76.9 Å². The quantitative estimate of drug-likeness (QED) is 0.202. The van der Waals surface area contributed by atoms with Crippen LogP contribution < -0.4 is 0 Å². The summed E-state index contributed by atoms with van der Waals surface area (Å²) < 4.78 is 4.58. The Kier molecular flexibility index (Phi) is 5.88. The largest absolute Gasteiger partial charge is 0.309 e. The van der Waals surface area contributed by atoms with Crippen LogP contribution in [0.1, 0.15) is 5.56 Å². The van der Waals surface area contributed by atoms with Gasteiger partial charge in [0.15, 0.2) is 0 Å². The first kappa shape index (κ1) is 26.1. The molecule has 2 aromatic heterocycles. The van der Waals surface area contributed by atoms with Crippen molar-refractivity contribution in [2.45, 2.75) is 0 Å². The molecule has 3 nitrogen and oxygen atoms in total. The summed E-state index contributed by atoms with van der Waals surface area (Å²) in [5.41, 5.74) is 11.4. The summed E-state index contributed by atoms with van der Waals surface area (Å²) in [6.07, 6.45) is 0. The second-order valence-corrected chi connectivity index (χ2v) is 11.7. The SMILES string of the molecule is N#Cc1cc(-c2cc(-c3ccccc3)cc(-n3c4ccccc4c4ccccc43)c2)ccc1-n1c2ccccc2c2ccccc21. The second-order valence-electron chi connectivity index (χ2n) is 11.7. The van der Waals surface area contributed by atoms with Gasteiger partial charge in [-0.3, -0.25) is 0 Å². The highest BCUT2D eigenvalue weighted by molar-refractivity contribution is 6.10. The van der Waals surface area contributed by atoms with E-state index in [1.165, 1.54) is 32.6 Å². The number of nitriles is 1. The fourth-order valence-corrected chi connectivity index (χ4v) is 7.09. The fraction of sp³-hybridized carbons (Fsp3) is 0. The molecule has 0 bridgehead atoms. The third-order valence-electron chi connectivity index (χ3n) is 9.13. The number of fused-ring (bicyclic) bond motifs is 6. The molecule has 9 aromatic rings. The van der Waals surface area contributed by atoms with E-state index in [-0.39, 0.29) is 0 Å². The summed E-state index contributed by atoms with van der Waals surface area (Å²) in [5.74, 6) is 0. The van der Waals surface area contributed by atoms with E-state index in [1.54, 1.807) is 0 Å². The van der Waals surface area contributed by atoms with Crippen molar-refractivity contribution in [3.63, 3.8) is 0 Å². The van der Waals surface area contributed by atoms with Gasteiger partial charge in [0.2, 0.25) is 0 Å². The van der Waals surface area contributed by atoms with Crippen LogP contribution in [-0.4, -0.2) is 9.13 Å². The van der Waals surface area contributed by atoms with Crippen LogP contribution >= 0.6 is 0 Å². The van der Waals surface area contributed by atoms with Crippen LogP contribution in [0, 0.1) is 11.3 Å². The lowest BCUT2D eigenvalue weighted by atomic mass is 9.96. The fourth-order valence-electron chi connectivity index (χ4n) is 7.09. The van der Waals surface area contributed by atoms with Crippen LogP contribution in [0.25, 0.3) is 77.2 Å². The number of para-hydroxylation sites is 4. The molecule has 0 amide bonds. The van der Waals surface area contributed by atoms with Gasteiger partial charge in [-0.2, -0.15) is 5.26 Å². The van der Waals surface area contributed by atoms with E-state index in [2.05, 4.69) is 167 Å². The minimum absolute atomic E-state index is 0.632. The molecule has 3 heteroatoms. The number of nitrogens with zero attached hydrogens (tertiary/aromatic N) is 3. The van der Waals surface area contributed by atoms with E-state index in [1.807, 2.05) is 12.1 Å². The summed E-state index contributed by atoms with van der Waals surface area (Å²) in [6.45, 7) is 0. The number of hydrogen-bond acceptors (Lipinski definition) is 1. The number of rotatable bonds is 4. The van der Waals surface area contributed by atoms with Gasteiger partial charge >= 0.3 is 0 Å². The number of aromatic nitrogens is 2. The molecule has 0 atom stereocenters. The summed E-state index contributed by atoms with van der Waals surface area (Å²) in [5, 5.41) is 15.4. The Morgan fingerprint density at radius 3 is 1.35 bits per heavy atom. The highest BCUT2D eigenvalue weighted by Gasteiger charge is 2.17. The van der Waals surface area contributed by atoms with E-state index in [4.69, 9.17) is 0 Å². The Bertz CT molecular complexity index is 2540. The van der Waals surface area contributed by atoms with Crippen LogP contribution in [0.4, 0.5) is 0 Å². The van der Waals surface area contributed by atoms with Gasteiger partial charge in [0.05, 0.1) is 33.3 Å². The summed E-state index contributed by atoms with van der Waals surface area (Å²) in [6, 6.07) is 60.1. The van der Waals surface area contributed by atoms with Crippen molar-refractivity contribution >= 4 is 43.6 Å². The Morgan fingerprint density at radius 2 is 0.826 bits per heavy atom. The Hall–Kier alpha value is -6.37. The molecule has 0 N–H and O–H groups in total. The highest BCUT2D eigenvalue weighted by atomic mass is 15.0. The van der Waals surface area contributed by atoms with Gasteiger partial charge in [0.25, 0.3) is 0 Å². The predicted molar refractivity (Wildman–Crippen MR) is 191 cm³/mol. The van der Waals surface area contributed by atoms with Crippen molar-refractivity contribution in [1.29, 1.82) is 5.26 Å². The molecule has 46 heavy (non-hydrogen) atoms. The van der Waals surface area contributed by atoms with Crippen molar-refractivity contribution in [3.8, 4) is 39.7 Å². The maximum atomic E-state index is 10.5. The normalized spacial score (nSPS) is 11.5. The Morgan fingerprint density at radius 1 is 0.370 bits per heavy atom. The molecule has 0 unspecified atom stereocenters. The molecule has 0 aliphatic heterocycles. The molecular formula is C43H27N3. The molecule has 2 heterocycles. The van der Waals surface area contributed by atoms with Crippen LogP contribution in [0.3, 0.4) is 0 Å². The van der Waals surface area contributed by atoms with Crippen LogP contribution in [0.5, 0.6) is 0 Å². The lowest BCUT2D eigenvalue weighted by Gasteiger charge is -2.15. The van der Waals surface area contributed by atoms with E-state index in [0.29, 0.717) is 5.56 Å². The third kappa shape index (κ3) is 3.98. The first-order valence-electron chi connectivity index (χ1n) is 15.5. The average molecular weight is 586 g/mol. The molecule has 7 aromatic carbocycles. The zero-order valence-electron chi connectivity index (χ0n) is 24.9. The molecule has 9 rings (SSSR count). The summed E-state index contributed by atoms with van der Waals surface area (Å²) in [4.78, 5) is 0. The Balaban J connectivity index is 1.28. The van der Waals surface area contributed by atoms with Gasteiger partial charge in [-0.25, -0.2) is 0 Å². The predicted octanol–water partition coefficient (Wildman–Crippen LogP) is 11.1. The number of benzene rings is 7. The van der Waals surface area contributed by atoms with Gasteiger partial charge in [0.1, 0.15) is 6.07 Å². The third-order valence-corrected chi connectivity index (χ3v) is 9.13. The van der Waals surface area contributed by atoms with Crippen LogP contribution in [-0.2, 0) is 0 Å². The van der Waals surface area contributed by atoms with Gasteiger partial charge in [-0.15, -0.1) is 0 Å². The lowest BCUT2D eigenvalue weighted by Crippen LogP contribution is -1.99. The zero-order valence-corrected chi connectivity index (χ0v) is 24.9. The van der Waals surface area contributed by atoms with E-state index >= 15 is 0 Å². The van der Waals surface area contributed by atoms with E-state index < -0.39 is 0 Å². The van der Waals surface area contributed by atoms with Crippen molar-refractivity contribution in [2.24, 2.45) is 0 Å². The minimum Gasteiger partial charge on any atom is -0.309 e. The average Bonchev–Trinajstić information content (AvgIpc) is 3.65. The smallest absolute Gasteiger partial charge is 0.101 e. The topological polar surface area (TPSA) is 33.6 Å². The van der Waals surface area contributed by atoms with Crippen molar-refractivity contribution in [2.75, 3.05) is 0 Å². The molecule has 0 saturated heterocycles. The molecule has 0 saturated carbocycles. The zero-order chi connectivity index (χ0) is 30.6. The maximum Gasteiger partial charge on any atom is 0.101 e. The summed E-state index contributed by atoms with van der Waals surface area (Å²) in [7, 11) is 0. The van der Waals surface area contributed by atoms with Gasteiger partial charge < -0.3 is 9.13 Å².